The molecule has 8 heteroatoms. The minimum Gasteiger partial charge on any atom is -0.324 e. The van der Waals surface area contributed by atoms with Gasteiger partial charge in [-0.25, -0.2) is 8.42 Å². The van der Waals surface area contributed by atoms with Crippen LogP contribution in [-0.2, 0) is 14.8 Å². The van der Waals surface area contributed by atoms with E-state index in [4.69, 9.17) is 23.2 Å². The molecule has 1 N–H and O–H groups in total. The number of anilines is 2. The lowest BCUT2D eigenvalue weighted by Crippen LogP contribution is -2.45. The van der Waals surface area contributed by atoms with Crippen LogP contribution in [0, 0.1) is 6.92 Å². The van der Waals surface area contributed by atoms with Crippen molar-refractivity contribution in [1.29, 1.82) is 0 Å². The molecule has 0 fully saturated rings. The average Bonchev–Trinajstić information content (AvgIpc) is 2.52. The summed E-state index contributed by atoms with van der Waals surface area (Å²) in [7, 11) is -3.68. The van der Waals surface area contributed by atoms with Crippen molar-refractivity contribution in [2.24, 2.45) is 0 Å². The Balaban J connectivity index is 2.33. The number of sulfonamides is 1. The monoisotopic (exact) mass is 400 g/mol. The van der Waals surface area contributed by atoms with Crippen LogP contribution in [0.25, 0.3) is 0 Å². The highest BCUT2D eigenvalue weighted by Crippen LogP contribution is 2.26. The van der Waals surface area contributed by atoms with Crippen molar-refractivity contribution in [2.45, 2.75) is 19.9 Å². The summed E-state index contributed by atoms with van der Waals surface area (Å²) < 4.78 is 25.5. The molecule has 0 bridgehead atoms. The summed E-state index contributed by atoms with van der Waals surface area (Å²) in [6.45, 7) is 3.29. The van der Waals surface area contributed by atoms with Gasteiger partial charge < -0.3 is 5.32 Å². The van der Waals surface area contributed by atoms with Gasteiger partial charge in [0.25, 0.3) is 0 Å². The second-order valence-corrected chi connectivity index (χ2v) is 8.32. The van der Waals surface area contributed by atoms with E-state index in [-0.39, 0.29) is 0 Å². The van der Waals surface area contributed by atoms with E-state index in [2.05, 4.69) is 5.32 Å². The van der Waals surface area contributed by atoms with Gasteiger partial charge in [0.05, 0.1) is 11.9 Å². The molecule has 0 saturated carbocycles. The van der Waals surface area contributed by atoms with E-state index >= 15 is 0 Å². The largest absolute Gasteiger partial charge is 0.324 e. The highest BCUT2D eigenvalue weighted by molar-refractivity contribution is 7.92. The number of carbonyl (C=O) groups is 1. The number of rotatable bonds is 5. The Labute approximate surface area is 157 Å². The second-order valence-electron chi connectivity index (χ2n) is 5.61. The van der Waals surface area contributed by atoms with Crippen molar-refractivity contribution in [3.63, 3.8) is 0 Å². The molecule has 0 aromatic heterocycles. The maximum absolute atomic E-state index is 12.6. The van der Waals surface area contributed by atoms with Crippen LogP contribution in [0.3, 0.4) is 0 Å². The van der Waals surface area contributed by atoms with Gasteiger partial charge >= 0.3 is 0 Å². The number of amides is 1. The Kier molecular flexibility index (Phi) is 5.98. The lowest BCUT2D eigenvalue weighted by atomic mass is 10.2. The molecular weight excluding hydrogens is 383 g/mol. The lowest BCUT2D eigenvalue weighted by Gasteiger charge is -2.28. The van der Waals surface area contributed by atoms with Gasteiger partial charge in [-0.05, 0) is 55.8 Å². The molecule has 134 valence electrons. The molecule has 1 atom stereocenters. The van der Waals surface area contributed by atoms with E-state index in [9.17, 15) is 13.2 Å². The summed E-state index contributed by atoms with van der Waals surface area (Å²) in [6, 6.07) is 10.4. The van der Waals surface area contributed by atoms with E-state index < -0.39 is 22.0 Å². The van der Waals surface area contributed by atoms with Crippen LogP contribution in [-0.4, -0.2) is 26.6 Å². The first kappa shape index (κ1) is 19.6. The highest BCUT2D eigenvalue weighted by atomic mass is 35.5. The maximum Gasteiger partial charge on any atom is 0.248 e. The van der Waals surface area contributed by atoms with Crippen LogP contribution in [0.1, 0.15) is 12.5 Å². The van der Waals surface area contributed by atoms with Crippen LogP contribution >= 0.6 is 23.2 Å². The zero-order valence-electron chi connectivity index (χ0n) is 14.0. The van der Waals surface area contributed by atoms with Crippen LogP contribution < -0.4 is 9.62 Å². The first-order valence-electron chi connectivity index (χ1n) is 7.42. The van der Waals surface area contributed by atoms with Crippen molar-refractivity contribution in [3.8, 4) is 0 Å². The number of hydrogen-bond donors (Lipinski definition) is 1. The number of nitrogens with zero attached hydrogens (tertiary/aromatic N) is 1. The number of hydrogen-bond acceptors (Lipinski definition) is 3. The highest BCUT2D eigenvalue weighted by Gasteiger charge is 2.29. The molecule has 0 spiro atoms. The van der Waals surface area contributed by atoms with Crippen molar-refractivity contribution in [2.75, 3.05) is 15.9 Å². The molecule has 1 amide bonds. The SMILES string of the molecule is Cc1c(Cl)cccc1NC(=O)C(C)N(c1ccc(Cl)cc1)S(C)(=O)=O. The Hall–Kier alpha value is -1.76. The number of benzene rings is 2. The fourth-order valence-electron chi connectivity index (χ4n) is 2.38. The zero-order valence-corrected chi connectivity index (χ0v) is 16.3. The zero-order chi connectivity index (χ0) is 18.8. The molecule has 2 aromatic carbocycles. The molecule has 0 radical (unpaired) electrons. The quantitative estimate of drug-likeness (QED) is 0.821. The number of nitrogens with one attached hydrogen (secondary N) is 1. The van der Waals surface area contributed by atoms with E-state index in [0.29, 0.717) is 27.0 Å². The molecule has 1 unspecified atom stereocenters. The van der Waals surface area contributed by atoms with Gasteiger partial charge in [-0.2, -0.15) is 0 Å². The minimum absolute atomic E-state index is 0.359. The summed E-state index contributed by atoms with van der Waals surface area (Å²) in [5.41, 5.74) is 1.60. The van der Waals surface area contributed by atoms with Gasteiger partial charge in [0, 0.05) is 15.7 Å². The van der Waals surface area contributed by atoms with Crippen molar-refractivity contribution in [1.82, 2.24) is 0 Å². The van der Waals surface area contributed by atoms with Gasteiger partial charge in [-0.1, -0.05) is 29.3 Å². The van der Waals surface area contributed by atoms with Crippen LogP contribution in [0.15, 0.2) is 42.5 Å². The van der Waals surface area contributed by atoms with Crippen LogP contribution in [0.2, 0.25) is 10.0 Å². The molecule has 0 heterocycles. The van der Waals surface area contributed by atoms with Crippen molar-refractivity contribution in [3.05, 3.63) is 58.1 Å². The Morgan fingerprint density at radius 1 is 1.12 bits per heavy atom. The molecule has 5 nitrogen and oxygen atoms in total. The normalized spacial score (nSPS) is 12.5. The summed E-state index contributed by atoms with van der Waals surface area (Å²) in [6.07, 6.45) is 1.05. The van der Waals surface area contributed by atoms with E-state index in [1.165, 1.54) is 6.92 Å². The lowest BCUT2D eigenvalue weighted by molar-refractivity contribution is -0.116. The molecule has 0 saturated heterocycles. The Bertz CT molecular complexity index is 883. The van der Waals surface area contributed by atoms with Gasteiger partial charge in [-0.15, -0.1) is 0 Å². The van der Waals surface area contributed by atoms with E-state index in [1.807, 2.05) is 0 Å². The number of carbonyl (C=O) groups excluding carboxylic acids is 1. The Morgan fingerprint density at radius 3 is 2.28 bits per heavy atom. The third kappa shape index (κ3) is 4.66. The standard InChI is InChI=1S/C17H18Cl2N2O3S/c1-11-15(19)5-4-6-16(11)20-17(22)12(2)21(25(3,23)24)14-9-7-13(18)8-10-14/h4-10,12H,1-3H3,(H,20,22). The maximum atomic E-state index is 12.6. The van der Waals surface area contributed by atoms with Crippen LogP contribution in [0.4, 0.5) is 11.4 Å². The van der Waals surface area contributed by atoms with E-state index in [1.54, 1.807) is 49.4 Å². The topological polar surface area (TPSA) is 66.5 Å². The van der Waals surface area contributed by atoms with E-state index in [0.717, 1.165) is 10.6 Å². The van der Waals surface area contributed by atoms with Gasteiger partial charge in [0.15, 0.2) is 0 Å². The van der Waals surface area contributed by atoms with Gasteiger partial charge in [0.2, 0.25) is 15.9 Å². The molecule has 0 aliphatic heterocycles. The molecule has 2 rings (SSSR count). The summed E-state index contributed by atoms with van der Waals surface area (Å²) in [4.78, 5) is 12.6. The first-order chi connectivity index (χ1) is 11.6. The first-order valence-corrected chi connectivity index (χ1v) is 10.0. The number of halogens is 2. The average molecular weight is 401 g/mol. The van der Waals surface area contributed by atoms with Gasteiger partial charge in [0.1, 0.15) is 6.04 Å². The fourth-order valence-corrected chi connectivity index (χ4v) is 3.85. The second kappa shape index (κ2) is 7.64. The predicted octanol–water partition coefficient (Wildman–Crippen LogP) is 4.10. The van der Waals surface area contributed by atoms with Crippen molar-refractivity contribution < 1.29 is 13.2 Å². The third-order valence-corrected chi connectivity index (χ3v) is 5.60. The molecule has 0 aliphatic rings. The summed E-state index contributed by atoms with van der Waals surface area (Å²) in [5, 5.41) is 3.72. The fraction of sp³-hybridized carbons (Fsp3) is 0.235. The summed E-state index contributed by atoms with van der Waals surface area (Å²) in [5.74, 6) is -0.467. The predicted molar refractivity (Wildman–Crippen MR) is 103 cm³/mol. The smallest absolute Gasteiger partial charge is 0.248 e. The minimum atomic E-state index is -3.68. The molecule has 2 aromatic rings. The molecule has 25 heavy (non-hydrogen) atoms. The Morgan fingerprint density at radius 2 is 1.72 bits per heavy atom. The van der Waals surface area contributed by atoms with Crippen molar-refractivity contribution >= 4 is 50.5 Å². The molecule has 0 aliphatic carbocycles. The van der Waals surface area contributed by atoms with Gasteiger partial charge in [-0.3, -0.25) is 9.10 Å². The third-order valence-electron chi connectivity index (χ3n) is 3.70. The summed E-state index contributed by atoms with van der Waals surface area (Å²) >= 11 is 11.9. The molecular formula is C17H18Cl2N2O3S. The van der Waals surface area contributed by atoms with Crippen LogP contribution in [0.5, 0.6) is 0 Å².